The predicted molar refractivity (Wildman–Crippen MR) is 63.8 cm³/mol. The van der Waals surface area contributed by atoms with Crippen LogP contribution in [0.1, 0.15) is 6.42 Å². The molecule has 118 valence electrons. The Bertz CT molecular complexity index is 647. The molecular weight excluding hydrogens is 342 g/mol. The van der Waals surface area contributed by atoms with Crippen molar-refractivity contribution in [3.8, 4) is 0 Å². The molecule has 0 amide bonds. The molecule has 1 unspecified atom stereocenters. The second-order valence-electron chi connectivity index (χ2n) is 3.87. The number of halogens is 5. The summed E-state index contributed by atoms with van der Waals surface area (Å²) in [4.78, 5) is 9.27. The van der Waals surface area contributed by atoms with E-state index in [2.05, 4.69) is 0 Å². The van der Waals surface area contributed by atoms with E-state index in [1.54, 1.807) is 0 Å². The van der Waals surface area contributed by atoms with Gasteiger partial charge in [-0.25, -0.2) is 12.8 Å². The second-order valence-corrected chi connectivity index (χ2v) is 5.95. The maximum atomic E-state index is 13.6. The van der Waals surface area contributed by atoms with Gasteiger partial charge in [0, 0.05) is 0 Å². The van der Waals surface area contributed by atoms with Crippen LogP contribution in [0, 0.1) is 5.82 Å². The maximum Gasteiger partial charge on any atom is 0.405 e. The molecule has 1 rings (SSSR count). The number of hydrogen-bond acceptors (Lipinski definition) is 3. The number of sulfonamides is 1. The van der Waals surface area contributed by atoms with Gasteiger partial charge in [-0.1, -0.05) is 17.7 Å². The third-order valence-corrected chi connectivity index (χ3v) is 4.06. The molecule has 0 aliphatic heterocycles. The van der Waals surface area contributed by atoms with E-state index in [1.165, 1.54) is 0 Å². The standard InChI is InChI=1S/C10H8ClF4NO4S/c11-5-2-1-3-6(9(5)12)21(19,20)16-7(4-8(17)18)10(13,14)15/h1-3,7,16H,4H2,(H,17,18). The minimum atomic E-state index is -5.15. The predicted octanol–water partition coefficient (Wildman–Crippen LogP) is 2.16. The molecule has 1 aromatic rings. The van der Waals surface area contributed by atoms with E-state index in [0.717, 1.165) is 16.9 Å². The summed E-state index contributed by atoms with van der Waals surface area (Å²) in [6, 6.07) is -0.148. The van der Waals surface area contributed by atoms with Crippen LogP contribution in [0.3, 0.4) is 0 Å². The zero-order valence-corrected chi connectivity index (χ0v) is 11.6. The zero-order chi connectivity index (χ0) is 16.4. The van der Waals surface area contributed by atoms with Crippen LogP contribution in [0.4, 0.5) is 17.6 Å². The molecule has 0 spiro atoms. The van der Waals surface area contributed by atoms with Crippen LogP contribution in [0.25, 0.3) is 0 Å². The molecule has 1 atom stereocenters. The first kappa shape index (κ1) is 17.7. The van der Waals surface area contributed by atoms with Crippen molar-refractivity contribution in [3.05, 3.63) is 29.0 Å². The summed E-state index contributed by atoms with van der Waals surface area (Å²) in [6.07, 6.45) is -6.69. The first-order valence-electron chi connectivity index (χ1n) is 5.20. The molecule has 0 saturated carbocycles. The summed E-state index contributed by atoms with van der Waals surface area (Å²) < 4.78 is 75.9. The lowest BCUT2D eigenvalue weighted by Crippen LogP contribution is -2.46. The van der Waals surface area contributed by atoms with E-state index >= 15 is 0 Å². The zero-order valence-electron chi connectivity index (χ0n) is 9.99. The highest BCUT2D eigenvalue weighted by Gasteiger charge is 2.44. The number of aliphatic carboxylic acids is 1. The van der Waals surface area contributed by atoms with Crippen molar-refractivity contribution in [2.24, 2.45) is 0 Å². The van der Waals surface area contributed by atoms with Crippen molar-refractivity contribution in [1.29, 1.82) is 0 Å². The second kappa shape index (κ2) is 6.16. The third-order valence-electron chi connectivity index (χ3n) is 2.28. The quantitative estimate of drug-likeness (QED) is 0.798. The van der Waals surface area contributed by atoms with Gasteiger partial charge in [-0.15, -0.1) is 0 Å². The lowest BCUT2D eigenvalue weighted by molar-refractivity contribution is -0.163. The molecule has 0 bridgehead atoms. The lowest BCUT2D eigenvalue weighted by atomic mass is 10.2. The van der Waals surface area contributed by atoms with Gasteiger partial charge in [-0.05, 0) is 12.1 Å². The molecule has 21 heavy (non-hydrogen) atoms. The Morgan fingerprint density at radius 3 is 2.43 bits per heavy atom. The van der Waals surface area contributed by atoms with Crippen LogP contribution < -0.4 is 4.72 Å². The summed E-state index contributed by atoms with van der Waals surface area (Å²) in [5.41, 5.74) is 0. The molecule has 0 aliphatic rings. The topological polar surface area (TPSA) is 83.5 Å². The number of carbonyl (C=O) groups is 1. The first-order valence-corrected chi connectivity index (χ1v) is 7.06. The molecule has 5 nitrogen and oxygen atoms in total. The molecule has 0 aliphatic carbocycles. The van der Waals surface area contributed by atoms with Gasteiger partial charge in [-0.2, -0.15) is 17.9 Å². The number of carboxylic acid groups (broad SMARTS) is 1. The number of alkyl halides is 3. The van der Waals surface area contributed by atoms with E-state index in [-0.39, 0.29) is 0 Å². The van der Waals surface area contributed by atoms with Crippen molar-refractivity contribution in [1.82, 2.24) is 4.72 Å². The molecule has 11 heteroatoms. The number of carboxylic acids is 1. The molecule has 1 aromatic carbocycles. The van der Waals surface area contributed by atoms with E-state index in [4.69, 9.17) is 16.7 Å². The van der Waals surface area contributed by atoms with E-state index in [9.17, 15) is 30.8 Å². The molecule has 0 aromatic heterocycles. The van der Waals surface area contributed by atoms with Crippen LogP contribution in [-0.2, 0) is 14.8 Å². The fraction of sp³-hybridized carbons (Fsp3) is 0.300. The Labute approximate surface area is 121 Å². The van der Waals surface area contributed by atoms with Crippen molar-refractivity contribution in [2.45, 2.75) is 23.5 Å². The minimum absolute atomic E-state index is 0.598. The van der Waals surface area contributed by atoms with Crippen LogP contribution in [0.5, 0.6) is 0 Å². The average Bonchev–Trinajstić information content (AvgIpc) is 2.29. The Morgan fingerprint density at radius 1 is 1.38 bits per heavy atom. The summed E-state index contributed by atoms with van der Waals surface area (Å²) >= 11 is 5.35. The molecule has 2 N–H and O–H groups in total. The number of nitrogens with one attached hydrogen (secondary N) is 1. The van der Waals surface area contributed by atoms with E-state index in [0.29, 0.717) is 6.07 Å². The largest absolute Gasteiger partial charge is 0.481 e. The van der Waals surface area contributed by atoms with Crippen molar-refractivity contribution >= 4 is 27.6 Å². The SMILES string of the molecule is O=C(O)CC(NS(=O)(=O)c1cccc(Cl)c1F)C(F)(F)F. The first-order chi connectivity index (χ1) is 9.45. The van der Waals surface area contributed by atoms with Gasteiger partial charge in [0.1, 0.15) is 10.9 Å². The van der Waals surface area contributed by atoms with Crippen LogP contribution >= 0.6 is 11.6 Å². The summed E-state index contributed by atoms with van der Waals surface area (Å²) in [6.45, 7) is 0. The summed E-state index contributed by atoms with van der Waals surface area (Å²) in [7, 11) is -4.93. The highest BCUT2D eigenvalue weighted by Crippen LogP contribution is 2.26. The Hall–Kier alpha value is -1.39. The van der Waals surface area contributed by atoms with Crippen LogP contribution in [-0.4, -0.2) is 31.7 Å². The fourth-order valence-corrected chi connectivity index (χ4v) is 2.89. The maximum absolute atomic E-state index is 13.6. The third kappa shape index (κ3) is 4.55. The number of rotatable bonds is 5. The molecular formula is C10H8ClF4NO4S. The summed E-state index contributed by atoms with van der Waals surface area (Å²) in [5, 5.41) is 7.79. The Kier molecular flexibility index (Phi) is 5.18. The van der Waals surface area contributed by atoms with Crippen molar-refractivity contribution in [2.75, 3.05) is 0 Å². The van der Waals surface area contributed by atoms with Gasteiger partial charge in [0.25, 0.3) is 0 Å². The van der Waals surface area contributed by atoms with Gasteiger partial charge in [-0.3, -0.25) is 4.79 Å². The number of benzene rings is 1. The normalized spacial score (nSPS) is 14.0. The average molecular weight is 350 g/mol. The summed E-state index contributed by atoms with van der Waals surface area (Å²) in [5.74, 6) is -3.30. The highest BCUT2D eigenvalue weighted by molar-refractivity contribution is 7.89. The molecule has 0 radical (unpaired) electrons. The van der Waals surface area contributed by atoms with Gasteiger partial charge >= 0.3 is 12.1 Å². The smallest absolute Gasteiger partial charge is 0.405 e. The highest BCUT2D eigenvalue weighted by atomic mass is 35.5. The van der Waals surface area contributed by atoms with Gasteiger partial charge in [0.05, 0.1) is 11.4 Å². The number of hydrogen-bond donors (Lipinski definition) is 2. The van der Waals surface area contributed by atoms with Gasteiger partial charge in [0.15, 0.2) is 5.82 Å². The van der Waals surface area contributed by atoms with E-state index in [1.807, 2.05) is 0 Å². The van der Waals surface area contributed by atoms with Crippen molar-refractivity contribution in [3.63, 3.8) is 0 Å². The molecule has 0 heterocycles. The van der Waals surface area contributed by atoms with Gasteiger partial charge in [0.2, 0.25) is 10.0 Å². The van der Waals surface area contributed by atoms with Gasteiger partial charge < -0.3 is 5.11 Å². The van der Waals surface area contributed by atoms with Crippen molar-refractivity contribution < 1.29 is 35.9 Å². The Balaban J connectivity index is 3.18. The molecule has 0 fully saturated rings. The van der Waals surface area contributed by atoms with Crippen LogP contribution in [0.2, 0.25) is 5.02 Å². The molecule has 0 saturated heterocycles. The fourth-order valence-electron chi connectivity index (χ4n) is 1.34. The Morgan fingerprint density at radius 2 is 1.95 bits per heavy atom. The van der Waals surface area contributed by atoms with Crippen LogP contribution in [0.15, 0.2) is 23.1 Å². The van der Waals surface area contributed by atoms with E-state index < -0.39 is 50.4 Å². The minimum Gasteiger partial charge on any atom is -0.481 e. The monoisotopic (exact) mass is 349 g/mol. The lowest BCUT2D eigenvalue weighted by Gasteiger charge is -2.20.